The van der Waals surface area contributed by atoms with Crippen molar-refractivity contribution in [3.05, 3.63) is 24.3 Å². The second-order valence-electron chi connectivity index (χ2n) is 4.74. The molecule has 1 aliphatic rings. The van der Waals surface area contributed by atoms with Gasteiger partial charge in [0.25, 0.3) is 0 Å². The van der Waals surface area contributed by atoms with Crippen molar-refractivity contribution in [2.75, 3.05) is 23.3 Å². The van der Waals surface area contributed by atoms with E-state index in [1.165, 1.54) is 4.90 Å². The van der Waals surface area contributed by atoms with Crippen LogP contribution in [-0.4, -0.2) is 30.9 Å². The van der Waals surface area contributed by atoms with E-state index in [1.807, 2.05) is 25.1 Å². The highest BCUT2D eigenvalue weighted by Gasteiger charge is 2.26. The molecule has 0 fully saturated rings. The van der Waals surface area contributed by atoms with Crippen LogP contribution in [0.3, 0.4) is 0 Å². The second-order valence-corrected chi connectivity index (χ2v) is 4.74. The number of rotatable bonds is 4. The molecule has 0 bridgehead atoms. The highest BCUT2D eigenvalue weighted by Crippen LogP contribution is 2.28. The average Bonchev–Trinajstić information content (AvgIpc) is 2.43. The van der Waals surface area contributed by atoms with E-state index in [1.54, 1.807) is 6.07 Å². The standard InChI is InChI=1S/C14H19N3O2/c1-3-10(2)15-8-14(19)17-9-13(18)16-11-6-4-5-7-12(11)17/h4-7,10,15H,3,8-9H2,1-2H3,(H,16,18). The number of nitrogens with one attached hydrogen (secondary N) is 2. The maximum atomic E-state index is 12.2. The lowest BCUT2D eigenvalue weighted by Gasteiger charge is -2.29. The molecule has 0 saturated heterocycles. The van der Waals surface area contributed by atoms with Gasteiger partial charge in [0.2, 0.25) is 11.8 Å². The molecule has 19 heavy (non-hydrogen) atoms. The molecule has 2 amide bonds. The molecule has 0 aromatic heterocycles. The van der Waals surface area contributed by atoms with Crippen LogP contribution in [0.1, 0.15) is 20.3 Å². The topological polar surface area (TPSA) is 61.4 Å². The summed E-state index contributed by atoms with van der Waals surface area (Å²) in [5.74, 6) is -0.238. The molecular weight excluding hydrogens is 242 g/mol. The molecule has 1 aromatic rings. The molecule has 5 nitrogen and oxygen atoms in total. The van der Waals surface area contributed by atoms with Gasteiger partial charge in [-0.15, -0.1) is 0 Å². The van der Waals surface area contributed by atoms with Gasteiger partial charge in [-0.05, 0) is 25.5 Å². The van der Waals surface area contributed by atoms with E-state index < -0.39 is 0 Å². The first-order valence-electron chi connectivity index (χ1n) is 6.54. The van der Waals surface area contributed by atoms with Crippen molar-refractivity contribution in [3.8, 4) is 0 Å². The number of hydrogen-bond acceptors (Lipinski definition) is 3. The summed E-state index contributed by atoms with van der Waals surface area (Å²) in [5, 5.41) is 5.92. The lowest BCUT2D eigenvalue weighted by atomic mass is 10.2. The maximum absolute atomic E-state index is 12.2. The van der Waals surface area contributed by atoms with Gasteiger partial charge in [0.15, 0.2) is 0 Å². The van der Waals surface area contributed by atoms with Gasteiger partial charge in [-0.1, -0.05) is 19.1 Å². The van der Waals surface area contributed by atoms with Crippen molar-refractivity contribution in [1.29, 1.82) is 0 Å². The Bertz CT molecular complexity index is 487. The van der Waals surface area contributed by atoms with Gasteiger partial charge in [-0.2, -0.15) is 0 Å². The van der Waals surface area contributed by atoms with Crippen LogP contribution >= 0.6 is 0 Å². The molecule has 2 N–H and O–H groups in total. The number of carbonyl (C=O) groups excluding carboxylic acids is 2. The van der Waals surface area contributed by atoms with Gasteiger partial charge >= 0.3 is 0 Å². The number of fused-ring (bicyclic) bond motifs is 1. The zero-order valence-corrected chi connectivity index (χ0v) is 11.3. The van der Waals surface area contributed by atoms with Crippen LogP contribution in [0.15, 0.2) is 24.3 Å². The lowest BCUT2D eigenvalue weighted by Crippen LogP contribution is -2.46. The summed E-state index contributed by atoms with van der Waals surface area (Å²) in [6.07, 6.45) is 0.963. The third-order valence-corrected chi connectivity index (χ3v) is 3.29. The summed E-state index contributed by atoms with van der Waals surface area (Å²) >= 11 is 0. The van der Waals surface area contributed by atoms with Crippen LogP contribution < -0.4 is 15.5 Å². The third-order valence-electron chi connectivity index (χ3n) is 3.29. The fourth-order valence-corrected chi connectivity index (χ4v) is 1.96. The number of anilines is 2. The predicted molar refractivity (Wildman–Crippen MR) is 75.2 cm³/mol. The summed E-state index contributed by atoms with van der Waals surface area (Å²) in [6.45, 7) is 4.42. The van der Waals surface area contributed by atoms with Crippen molar-refractivity contribution < 1.29 is 9.59 Å². The Morgan fingerprint density at radius 1 is 1.47 bits per heavy atom. The SMILES string of the molecule is CCC(C)NCC(=O)N1CC(=O)Nc2ccccc21. The van der Waals surface area contributed by atoms with E-state index in [9.17, 15) is 9.59 Å². The molecule has 5 heteroatoms. The molecule has 102 valence electrons. The number of amides is 2. The number of hydrogen-bond donors (Lipinski definition) is 2. The Hall–Kier alpha value is -1.88. The van der Waals surface area contributed by atoms with Crippen molar-refractivity contribution >= 4 is 23.2 Å². The predicted octanol–water partition coefficient (Wildman–Crippen LogP) is 1.36. The van der Waals surface area contributed by atoms with Crippen LogP contribution in [0.2, 0.25) is 0 Å². The molecule has 0 saturated carbocycles. The second kappa shape index (κ2) is 5.84. The largest absolute Gasteiger partial charge is 0.323 e. The van der Waals surface area contributed by atoms with Crippen LogP contribution in [0, 0.1) is 0 Å². The van der Waals surface area contributed by atoms with Gasteiger partial charge in [0, 0.05) is 6.04 Å². The first kappa shape index (κ1) is 13.5. The Kier molecular flexibility index (Phi) is 4.16. The summed E-state index contributed by atoms with van der Waals surface area (Å²) in [6, 6.07) is 7.63. The molecule has 0 aliphatic carbocycles. The van der Waals surface area contributed by atoms with Gasteiger partial charge in [0.05, 0.1) is 17.9 Å². The number of para-hydroxylation sites is 2. The lowest BCUT2D eigenvalue weighted by molar-refractivity contribution is -0.121. The summed E-state index contributed by atoms with van der Waals surface area (Å²) in [4.78, 5) is 25.4. The van der Waals surface area contributed by atoms with Crippen molar-refractivity contribution in [2.24, 2.45) is 0 Å². The molecule has 1 aromatic carbocycles. The quantitative estimate of drug-likeness (QED) is 0.860. The zero-order chi connectivity index (χ0) is 13.8. The van der Waals surface area contributed by atoms with Gasteiger partial charge in [-0.25, -0.2) is 0 Å². The van der Waals surface area contributed by atoms with E-state index >= 15 is 0 Å². The summed E-state index contributed by atoms with van der Waals surface area (Å²) < 4.78 is 0. The number of carbonyl (C=O) groups is 2. The average molecular weight is 261 g/mol. The molecule has 2 rings (SSSR count). The molecule has 0 spiro atoms. The van der Waals surface area contributed by atoms with E-state index in [0.717, 1.165) is 12.1 Å². The highest BCUT2D eigenvalue weighted by molar-refractivity contribution is 6.10. The van der Waals surface area contributed by atoms with Crippen LogP contribution in [0.25, 0.3) is 0 Å². The molecular formula is C14H19N3O2. The van der Waals surface area contributed by atoms with E-state index in [-0.39, 0.29) is 30.9 Å². The van der Waals surface area contributed by atoms with Crippen molar-refractivity contribution in [3.63, 3.8) is 0 Å². The molecule has 0 radical (unpaired) electrons. The molecule has 1 aliphatic heterocycles. The van der Waals surface area contributed by atoms with Crippen molar-refractivity contribution in [1.82, 2.24) is 5.32 Å². The fraction of sp³-hybridized carbons (Fsp3) is 0.429. The van der Waals surface area contributed by atoms with Crippen LogP contribution in [-0.2, 0) is 9.59 Å². The maximum Gasteiger partial charge on any atom is 0.244 e. The summed E-state index contributed by atoms with van der Waals surface area (Å²) in [7, 11) is 0. The molecule has 1 atom stereocenters. The monoisotopic (exact) mass is 261 g/mol. The minimum Gasteiger partial charge on any atom is -0.323 e. The number of benzene rings is 1. The van der Waals surface area contributed by atoms with Crippen LogP contribution in [0.5, 0.6) is 0 Å². The van der Waals surface area contributed by atoms with E-state index in [4.69, 9.17) is 0 Å². The highest BCUT2D eigenvalue weighted by atomic mass is 16.2. The normalized spacial score (nSPS) is 15.7. The minimum absolute atomic E-state index is 0.0809. The molecule has 1 heterocycles. The van der Waals surface area contributed by atoms with Gasteiger partial charge < -0.3 is 10.6 Å². The number of nitrogens with zero attached hydrogens (tertiary/aromatic N) is 1. The molecule has 1 unspecified atom stereocenters. The van der Waals surface area contributed by atoms with Gasteiger partial charge in [-0.3, -0.25) is 14.5 Å². The van der Waals surface area contributed by atoms with Crippen molar-refractivity contribution in [2.45, 2.75) is 26.3 Å². The van der Waals surface area contributed by atoms with Gasteiger partial charge in [0.1, 0.15) is 6.54 Å². The Balaban J connectivity index is 2.11. The first-order chi connectivity index (χ1) is 9.11. The minimum atomic E-state index is -0.157. The Labute approximate surface area is 113 Å². The summed E-state index contributed by atoms with van der Waals surface area (Å²) in [5.41, 5.74) is 1.45. The van der Waals surface area contributed by atoms with Crippen LogP contribution in [0.4, 0.5) is 11.4 Å². The third kappa shape index (κ3) is 3.12. The van der Waals surface area contributed by atoms with E-state index in [0.29, 0.717) is 5.69 Å². The zero-order valence-electron chi connectivity index (χ0n) is 11.3. The van der Waals surface area contributed by atoms with E-state index in [2.05, 4.69) is 17.6 Å². The first-order valence-corrected chi connectivity index (χ1v) is 6.54. The Morgan fingerprint density at radius 3 is 2.95 bits per heavy atom. The Morgan fingerprint density at radius 2 is 2.21 bits per heavy atom. The smallest absolute Gasteiger partial charge is 0.244 e. The fourth-order valence-electron chi connectivity index (χ4n) is 1.96.